The van der Waals surface area contributed by atoms with E-state index in [1.807, 2.05) is 25.1 Å². The van der Waals surface area contributed by atoms with Gasteiger partial charge in [-0.2, -0.15) is 0 Å². The summed E-state index contributed by atoms with van der Waals surface area (Å²) >= 11 is 3.41. The lowest BCUT2D eigenvalue weighted by molar-refractivity contribution is 0.601. The van der Waals surface area contributed by atoms with Gasteiger partial charge in [0, 0.05) is 17.6 Å². The predicted molar refractivity (Wildman–Crippen MR) is 86.7 cm³/mol. The third-order valence-corrected chi connectivity index (χ3v) is 5.85. The molecule has 2 N–H and O–H groups in total. The van der Waals surface area contributed by atoms with Gasteiger partial charge in [-0.25, -0.2) is 8.42 Å². The molecule has 110 valence electrons. The summed E-state index contributed by atoms with van der Waals surface area (Å²) in [5.41, 5.74) is 3.66. The van der Waals surface area contributed by atoms with Gasteiger partial charge in [-0.1, -0.05) is 28.1 Å². The Hall–Kier alpha value is -1.37. The Morgan fingerprint density at radius 2 is 1.90 bits per heavy atom. The first-order chi connectivity index (χ1) is 9.97. The highest BCUT2D eigenvalue weighted by Crippen LogP contribution is 2.27. The highest BCUT2D eigenvalue weighted by atomic mass is 79.9. The van der Waals surface area contributed by atoms with Gasteiger partial charge in [-0.05, 0) is 47.9 Å². The van der Waals surface area contributed by atoms with Crippen LogP contribution in [0.2, 0.25) is 0 Å². The summed E-state index contributed by atoms with van der Waals surface area (Å²) in [5, 5.41) is 3.21. The molecule has 21 heavy (non-hydrogen) atoms. The average Bonchev–Trinajstić information content (AvgIpc) is 2.91. The lowest BCUT2D eigenvalue weighted by Gasteiger charge is -2.12. The lowest BCUT2D eigenvalue weighted by atomic mass is 10.1. The third kappa shape index (κ3) is 2.84. The van der Waals surface area contributed by atoms with E-state index in [9.17, 15) is 8.42 Å². The second-order valence-electron chi connectivity index (χ2n) is 5.05. The molecular weight excluding hydrogens is 352 g/mol. The van der Waals surface area contributed by atoms with Gasteiger partial charge in [0.25, 0.3) is 10.0 Å². The summed E-state index contributed by atoms with van der Waals surface area (Å²) in [4.78, 5) is 0.296. The molecule has 0 aliphatic carbocycles. The molecule has 4 nitrogen and oxygen atoms in total. The maximum absolute atomic E-state index is 12.5. The molecule has 0 amide bonds. The van der Waals surface area contributed by atoms with Crippen LogP contribution in [0.25, 0.3) is 0 Å². The first-order valence-corrected chi connectivity index (χ1v) is 8.85. The van der Waals surface area contributed by atoms with Crippen LogP contribution in [0.4, 0.5) is 5.69 Å². The zero-order valence-corrected chi connectivity index (χ0v) is 13.9. The van der Waals surface area contributed by atoms with Crippen LogP contribution >= 0.6 is 15.9 Å². The highest BCUT2D eigenvalue weighted by molar-refractivity contribution is 9.10. The summed E-state index contributed by atoms with van der Waals surface area (Å²) in [6.07, 6.45) is 0. The second kappa shape index (κ2) is 5.44. The van der Waals surface area contributed by atoms with Gasteiger partial charge in [-0.15, -0.1) is 0 Å². The summed E-state index contributed by atoms with van der Waals surface area (Å²) < 4.78 is 28.6. The van der Waals surface area contributed by atoms with Crippen molar-refractivity contribution in [2.45, 2.75) is 24.9 Å². The third-order valence-electron chi connectivity index (χ3n) is 3.63. The van der Waals surface area contributed by atoms with Gasteiger partial charge < -0.3 is 5.32 Å². The summed E-state index contributed by atoms with van der Waals surface area (Å²) in [5.74, 6) is 0. The molecule has 0 fully saturated rings. The lowest BCUT2D eigenvalue weighted by Crippen LogP contribution is -2.14. The van der Waals surface area contributed by atoms with E-state index in [0.29, 0.717) is 17.1 Å². The SMILES string of the molecule is Cc1c(Br)cccc1NS(=O)(=O)c1ccc2c(c1)CNC2. The van der Waals surface area contributed by atoms with Gasteiger partial charge >= 0.3 is 0 Å². The Bertz CT molecular complexity index is 803. The molecule has 1 heterocycles. The van der Waals surface area contributed by atoms with Gasteiger partial charge in [0.05, 0.1) is 10.6 Å². The van der Waals surface area contributed by atoms with E-state index in [0.717, 1.165) is 27.7 Å². The standard InChI is InChI=1S/C15H15BrN2O2S/c1-10-14(16)3-2-4-15(10)18-21(19,20)13-6-5-11-8-17-9-12(11)7-13/h2-7,17-18H,8-9H2,1H3. The molecule has 0 bridgehead atoms. The van der Waals surface area contributed by atoms with Gasteiger partial charge in [-0.3, -0.25) is 4.72 Å². The number of fused-ring (bicyclic) bond motifs is 1. The minimum atomic E-state index is -3.57. The van der Waals surface area contributed by atoms with E-state index in [2.05, 4.69) is 26.0 Å². The van der Waals surface area contributed by atoms with Crippen LogP contribution in [0.1, 0.15) is 16.7 Å². The monoisotopic (exact) mass is 366 g/mol. The quantitative estimate of drug-likeness (QED) is 0.876. The van der Waals surface area contributed by atoms with Crippen molar-refractivity contribution in [3.05, 3.63) is 57.6 Å². The Morgan fingerprint density at radius 3 is 2.71 bits per heavy atom. The summed E-state index contributed by atoms with van der Waals surface area (Å²) in [6.45, 7) is 3.39. The molecule has 0 spiro atoms. The van der Waals surface area contributed by atoms with Crippen LogP contribution < -0.4 is 10.0 Å². The number of rotatable bonds is 3. The van der Waals surface area contributed by atoms with Crippen LogP contribution in [-0.4, -0.2) is 8.42 Å². The molecule has 6 heteroatoms. The summed E-state index contributed by atoms with van der Waals surface area (Å²) in [7, 11) is -3.57. The molecule has 1 aliphatic rings. The molecule has 3 rings (SSSR count). The topological polar surface area (TPSA) is 58.2 Å². The summed E-state index contributed by atoms with van der Waals surface area (Å²) in [6, 6.07) is 10.7. The fraction of sp³-hybridized carbons (Fsp3) is 0.200. The molecule has 0 atom stereocenters. The fourth-order valence-corrected chi connectivity index (χ4v) is 3.90. The van der Waals surface area contributed by atoms with Crippen molar-refractivity contribution in [2.75, 3.05) is 4.72 Å². The first kappa shape index (κ1) is 14.6. The highest BCUT2D eigenvalue weighted by Gasteiger charge is 2.19. The van der Waals surface area contributed by atoms with E-state index in [1.165, 1.54) is 0 Å². The molecule has 2 aromatic carbocycles. The Labute approximate surface area is 132 Å². The van der Waals surface area contributed by atoms with Crippen molar-refractivity contribution in [1.82, 2.24) is 5.32 Å². The molecular formula is C15H15BrN2O2S. The minimum absolute atomic E-state index is 0.296. The van der Waals surface area contributed by atoms with Crippen molar-refractivity contribution >= 4 is 31.6 Å². The van der Waals surface area contributed by atoms with Crippen molar-refractivity contribution in [3.8, 4) is 0 Å². The molecule has 0 saturated carbocycles. The van der Waals surface area contributed by atoms with Crippen LogP contribution in [0, 0.1) is 6.92 Å². The zero-order valence-electron chi connectivity index (χ0n) is 11.5. The van der Waals surface area contributed by atoms with Crippen molar-refractivity contribution in [3.63, 3.8) is 0 Å². The normalized spacial score (nSPS) is 14.0. The molecule has 1 aliphatic heterocycles. The average molecular weight is 367 g/mol. The number of hydrogen-bond acceptors (Lipinski definition) is 3. The van der Waals surface area contributed by atoms with Crippen LogP contribution in [0.3, 0.4) is 0 Å². The number of benzene rings is 2. The van der Waals surface area contributed by atoms with Gasteiger partial charge in [0.1, 0.15) is 0 Å². The fourth-order valence-electron chi connectivity index (χ4n) is 2.36. The number of sulfonamides is 1. The zero-order chi connectivity index (χ0) is 15.0. The van der Waals surface area contributed by atoms with E-state index < -0.39 is 10.0 Å². The van der Waals surface area contributed by atoms with E-state index >= 15 is 0 Å². The predicted octanol–water partition coefficient (Wildman–Crippen LogP) is 3.16. The van der Waals surface area contributed by atoms with Crippen LogP contribution in [0.5, 0.6) is 0 Å². The van der Waals surface area contributed by atoms with Crippen molar-refractivity contribution < 1.29 is 8.42 Å². The minimum Gasteiger partial charge on any atom is -0.309 e. The molecule has 2 aromatic rings. The number of anilines is 1. The molecule has 0 aromatic heterocycles. The van der Waals surface area contributed by atoms with Crippen LogP contribution in [0.15, 0.2) is 45.8 Å². The number of halogens is 1. The smallest absolute Gasteiger partial charge is 0.261 e. The molecule has 0 unspecified atom stereocenters. The first-order valence-electron chi connectivity index (χ1n) is 6.58. The number of nitrogens with one attached hydrogen (secondary N) is 2. The second-order valence-corrected chi connectivity index (χ2v) is 7.59. The largest absolute Gasteiger partial charge is 0.309 e. The van der Waals surface area contributed by atoms with Gasteiger partial charge in [0.15, 0.2) is 0 Å². The number of hydrogen-bond donors (Lipinski definition) is 2. The van der Waals surface area contributed by atoms with E-state index in [-0.39, 0.29) is 0 Å². The van der Waals surface area contributed by atoms with Crippen molar-refractivity contribution in [1.29, 1.82) is 0 Å². The van der Waals surface area contributed by atoms with E-state index in [1.54, 1.807) is 18.2 Å². The van der Waals surface area contributed by atoms with Gasteiger partial charge in [0.2, 0.25) is 0 Å². The van der Waals surface area contributed by atoms with Crippen LogP contribution in [-0.2, 0) is 23.1 Å². The maximum atomic E-state index is 12.5. The molecule has 0 saturated heterocycles. The Kier molecular flexibility index (Phi) is 3.77. The van der Waals surface area contributed by atoms with Crippen molar-refractivity contribution in [2.24, 2.45) is 0 Å². The Balaban J connectivity index is 1.96. The maximum Gasteiger partial charge on any atom is 0.261 e. The Morgan fingerprint density at radius 1 is 1.14 bits per heavy atom. The van der Waals surface area contributed by atoms with E-state index in [4.69, 9.17) is 0 Å². The molecule has 0 radical (unpaired) electrons.